The third-order valence-corrected chi connectivity index (χ3v) is 6.34. The summed E-state index contributed by atoms with van der Waals surface area (Å²) in [5, 5.41) is 0.654. The van der Waals surface area contributed by atoms with Gasteiger partial charge < -0.3 is 4.90 Å². The van der Waals surface area contributed by atoms with E-state index in [2.05, 4.69) is 15.9 Å². The number of benzene rings is 2. The highest BCUT2D eigenvalue weighted by Gasteiger charge is 2.27. The Hall–Kier alpha value is -2.12. The van der Waals surface area contributed by atoms with E-state index >= 15 is 0 Å². The summed E-state index contributed by atoms with van der Waals surface area (Å²) in [6.07, 6.45) is 0. The minimum absolute atomic E-state index is 0.0368. The summed E-state index contributed by atoms with van der Waals surface area (Å²) < 4.78 is 2.42. The van der Waals surface area contributed by atoms with Gasteiger partial charge >= 0.3 is 0 Å². The number of amides is 1. The maximum absolute atomic E-state index is 13.4. The lowest BCUT2D eigenvalue weighted by atomic mass is 10.2. The number of carbonyl (C=O) groups is 1. The molecule has 158 valence electrons. The van der Waals surface area contributed by atoms with Gasteiger partial charge in [0.05, 0.1) is 21.8 Å². The minimum atomic E-state index is -0.385. The first kappa shape index (κ1) is 22.6. The van der Waals surface area contributed by atoms with Crippen LogP contribution >= 0.6 is 27.7 Å². The van der Waals surface area contributed by atoms with E-state index in [4.69, 9.17) is 4.98 Å². The summed E-state index contributed by atoms with van der Waals surface area (Å²) >= 11 is 4.76. The van der Waals surface area contributed by atoms with Crippen molar-refractivity contribution in [2.75, 3.05) is 0 Å². The monoisotopic (exact) mass is 487 g/mol. The van der Waals surface area contributed by atoms with Gasteiger partial charge in [0, 0.05) is 16.6 Å². The van der Waals surface area contributed by atoms with Crippen LogP contribution in [0.15, 0.2) is 63.0 Å². The molecule has 1 atom stereocenters. The number of carbonyl (C=O) groups excluding carboxylic acids is 1. The molecule has 1 heterocycles. The molecule has 3 aromatic rings. The molecule has 3 rings (SSSR count). The van der Waals surface area contributed by atoms with Gasteiger partial charge in [0.2, 0.25) is 5.91 Å². The lowest BCUT2D eigenvalue weighted by Gasteiger charge is -2.33. The Kier molecular flexibility index (Phi) is 7.03. The highest BCUT2D eigenvalue weighted by atomic mass is 79.9. The standard InChI is InChI=1S/C23H26BrN3O2S/c1-14(2)26(15(3)4)21(28)16(5)30-23-25-20-12-11-17(24)13-19(20)22(29)27(23)18-9-7-6-8-10-18/h6-16H,1-5H3/t16-/m0/s1. The molecule has 1 aromatic heterocycles. The van der Waals surface area contributed by atoms with Gasteiger partial charge in [-0.2, -0.15) is 0 Å². The van der Waals surface area contributed by atoms with Gasteiger partial charge in [-0.05, 0) is 65.0 Å². The molecule has 0 N–H and O–H groups in total. The van der Waals surface area contributed by atoms with Crippen LogP contribution in [-0.2, 0) is 4.79 Å². The quantitative estimate of drug-likeness (QED) is 0.350. The number of aromatic nitrogens is 2. The van der Waals surface area contributed by atoms with E-state index in [9.17, 15) is 9.59 Å². The number of halogens is 1. The van der Waals surface area contributed by atoms with Crippen molar-refractivity contribution in [3.05, 3.63) is 63.4 Å². The maximum Gasteiger partial charge on any atom is 0.266 e. The number of hydrogen-bond donors (Lipinski definition) is 0. The van der Waals surface area contributed by atoms with Gasteiger partial charge in [0.15, 0.2) is 5.16 Å². The summed E-state index contributed by atoms with van der Waals surface area (Å²) in [7, 11) is 0. The van der Waals surface area contributed by atoms with Gasteiger partial charge in [0.1, 0.15) is 0 Å². The van der Waals surface area contributed by atoms with Gasteiger partial charge in [-0.1, -0.05) is 45.9 Å². The van der Waals surface area contributed by atoms with E-state index < -0.39 is 0 Å². The molecular weight excluding hydrogens is 462 g/mol. The smallest absolute Gasteiger partial charge is 0.266 e. The van der Waals surface area contributed by atoms with Crippen molar-refractivity contribution in [1.82, 2.24) is 14.5 Å². The lowest BCUT2D eigenvalue weighted by Crippen LogP contribution is -2.45. The van der Waals surface area contributed by atoms with E-state index in [0.29, 0.717) is 16.1 Å². The topological polar surface area (TPSA) is 55.2 Å². The molecule has 5 nitrogen and oxygen atoms in total. The molecule has 1 amide bonds. The zero-order chi connectivity index (χ0) is 22.0. The van der Waals surface area contributed by atoms with Crippen LogP contribution in [0.1, 0.15) is 34.6 Å². The highest BCUT2D eigenvalue weighted by molar-refractivity contribution is 9.10. The Morgan fingerprint density at radius 1 is 1.03 bits per heavy atom. The summed E-state index contributed by atoms with van der Waals surface area (Å²) in [5.41, 5.74) is 1.19. The number of thioether (sulfide) groups is 1. The van der Waals surface area contributed by atoms with E-state index in [0.717, 1.165) is 10.2 Å². The largest absolute Gasteiger partial charge is 0.337 e. The second-order valence-electron chi connectivity index (χ2n) is 7.73. The van der Waals surface area contributed by atoms with E-state index in [1.165, 1.54) is 11.8 Å². The normalized spacial score (nSPS) is 12.5. The van der Waals surface area contributed by atoms with Crippen LogP contribution in [-0.4, -0.2) is 37.7 Å². The van der Waals surface area contributed by atoms with Crippen molar-refractivity contribution in [3.63, 3.8) is 0 Å². The molecular formula is C23H26BrN3O2S. The molecule has 2 aromatic carbocycles. The first-order chi connectivity index (χ1) is 14.2. The van der Waals surface area contributed by atoms with Gasteiger partial charge in [-0.15, -0.1) is 0 Å². The predicted octanol–water partition coefficient (Wildman–Crippen LogP) is 5.27. The number of para-hydroxylation sites is 1. The van der Waals surface area contributed by atoms with Crippen molar-refractivity contribution < 1.29 is 4.79 Å². The second-order valence-corrected chi connectivity index (χ2v) is 9.95. The average Bonchev–Trinajstić information content (AvgIpc) is 2.69. The zero-order valence-electron chi connectivity index (χ0n) is 17.8. The SMILES string of the molecule is CC(C)N(C(=O)[C@H](C)Sc1nc2ccc(Br)cc2c(=O)n1-c1ccccc1)C(C)C. The molecule has 7 heteroatoms. The van der Waals surface area contributed by atoms with E-state index in [1.54, 1.807) is 10.6 Å². The predicted molar refractivity (Wildman–Crippen MR) is 127 cm³/mol. The second kappa shape index (κ2) is 9.35. The minimum Gasteiger partial charge on any atom is -0.337 e. The van der Waals surface area contributed by atoms with Crippen LogP contribution in [0.2, 0.25) is 0 Å². The molecule has 0 aliphatic rings. The molecule has 0 fully saturated rings. The molecule has 0 aliphatic carbocycles. The highest BCUT2D eigenvalue weighted by Crippen LogP contribution is 2.27. The average molecular weight is 488 g/mol. The first-order valence-electron chi connectivity index (χ1n) is 9.97. The van der Waals surface area contributed by atoms with E-state index in [-0.39, 0.29) is 28.8 Å². The first-order valence-corrected chi connectivity index (χ1v) is 11.6. The lowest BCUT2D eigenvalue weighted by molar-refractivity contribution is -0.133. The summed E-state index contributed by atoms with van der Waals surface area (Å²) in [6.45, 7) is 9.93. The fraction of sp³-hybridized carbons (Fsp3) is 0.348. The van der Waals surface area contributed by atoms with Gasteiger partial charge in [0.25, 0.3) is 5.56 Å². The van der Waals surface area contributed by atoms with Crippen LogP contribution in [0.3, 0.4) is 0 Å². The van der Waals surface area contributed by atoms with Crippen molar-refractivity contribution >= 4 is 44.5 Å². The number of fused-ring (bicyclic) bond motifs is 1. The Balaban J connectivity index is 2.12. The van der Waals surface area contributed by atoms with E-state index in [1.807, 2.05) is 82.0 Å². The van der Waals surface area contributed by atoms with Gasteiger partial charge in [-0.25, -0.2) is 4.98 Å². The maximum atomic E-state index is 13.4. The zero-order valence-corrected chi connectivity index (χ0v) is 20.2. The fourth-order valence-corrected chi connectivity index (χ4v) is 4.89. The molecule has 0 unspecified atom stereocenters. The number of hydrogen-bond acceptors (Lipinski definition) is 4. The van der Waals surface area contributed by atoms with Crippen molar-refractivity contribution in [1.29, 1.82) is 0 Å². The Morgan fingerprint density at radius 2 is 1.67 bits per heavy atom. The van der Waals surface area contributed by atoms with Crippen LogP contribution in [0, 0.1) is 0 Å². The third-order valence-electron chi connectivity index (χ3n) is 4.81. The molecule has 0 bridgehead atoms. The van der Waals surface area contributed by atoms with Crippen LogP contribution in [0.25, 0.3) is 16.6 Å². The summed E-state index contributed by atoms with van der Waals surface area (Å²) in [4.78, 5) is 33.2. The summed E-state index contributed by atoms with van der Waals surface area (Å²) in [5.74, 6) is 0.0368. The molecule has 0 saturated heterocycles. The van der Waals surface area contributed by atoms with Crippen LogP contribution in [0.4, 0.5) is 0 Å². The summed E-state index contributed by atoms with van der Waals surface area (Å²) in [6, 6.07) is 15.1. The molecule has 0 spiro atoms. The van der Waals surface area contributed by atoms with Crippen molar-refractivity contribution in [3.8, 4) is 5.69 Å². The Bertz CT molecular complexity index is 1100. The van der Waals surface area contributed by atoms with Crippen LogP contribution in [0.5, 0.6) is 0 Å². The molecule has 30 heavy (non-hydrogen) atoms. The fourth-order valence-electron chi connectivity index (χ4n) is 3.54. The number of rotatable bonds is 6. The number of nitrogens with zero attached hydrogens (tertiary/aromatic N) is 3. The molecule has 0 aliphatic heterocycles. The van der Waals surface area contributed by atoms with Gasteiger partial charge in [-0.3, -0.25) is 14.2 Å². The molecule has 0 radical (unpaired) electrons. The van der Waals surface area contributed by atoms with Crippen molar-refractivity contribution in [2.24, 2.45) is 0 Å². The molecule has 0 saturated carbocycles. The third kappa shape index (κ3) is 4.62. The Morgan fingerprint density at radius 3 is 2.27 bits per heavy atom. The Labute approximate surface area is 189 Å². The van der Waals surface area contributed by atoms with Crippen LogP contribution < -0.4 is 5.56 Å². The van der Waals surface area contributed by atoms with Crippen molar-refractivity contribution in [2.45, 2.75) is 57.1 Å².